The van der Waals surface area contributed by atoms with Crippen LogP contribution in [0.2, 0.25) is 0 Å². The first kappa shape index (κ1) is 8.31. The number of rotatable bonds is 2. The van der Waals surface area contributed by atoms with Crippen molar-refractivity contribution in [1.29, 1.82) is 0 Å². The Morgan fingerprint density at radius 1 is 1.46 bits per heavy atom. The third-order valence-corrected chi connectivity index (χ3v) is 2.28. The van der Waals surface area contributed by atoms with Gasteiger partial charge in [0.2, 0.25) is 5.13 Å². The Morgan fingerprint density at radius 3 is 2.85 bits per heavy atom. The molecule has 0 saturated carbocycles. The highest BCUT2D eigenvalue weighted by molar-refractivity contribution is 7.08. The largest absolute Gasteiger partial charge is 0.231 e. The molecule has 0 aliphatic rings. The zero-order chi connectivity index (χ0) is 9.26. The van der Waals surface area contributed by atoms with Gasteiger partial charge in [-0.3, -0.25) is 0 Å². The van der Waals surface area contributed by atoms with Crippen LogP contribution in [0.1, 0.15) is 25.6 Å². The Labute approximate surface area is 79.6 Å². The molecule has 2 aromatic rings. The third-order valence-electron chi connectivity index (χ3n) is 1.56. The van der Waals surface area contributed by atoms with Crippen molar-refractivity contribution in [2.45, 2.75) is 19.8 Å². The van der Waals surface area contributed by atoms with Crippen LogP contribution in [0.4, 0.5) is 0 Å². The molecule has 0 atom stereocenters. The van der Waals surface area contributed by atoms with Gasteiger partial charge in [-0.15, -0.1) is 0 Å². The number of aromatic nitrogens is 5. The molecule has 68 valence electrons. The minimum atomic E-state index is 0.355. The van der Waals surface area contributed by atoms with Crippen LogP contribution in [0, 0.1) is 0 Å². The van der Waals surface area contributed by atoms with Crippen molar-refractivity contribution in [2.24, 2.45) is 0 Å². The molecule has 0 fully saturated rings. The highest BCUT2D eigenvalue weighted by Crippen LogP contribution is 2.15. The van der Waals surface area contributed by atoms with E-state index in [1.54, 1.807) is 11.0 Å². The van der Waals surface area contributed by atoms with Gasteiger partial charge < -0.3 is 0 Å². The van der Waals surface area contributed by atoms with Crippen molar-refractivity contribution in [2.75, 3.05) is 0 Å². The fourth-order valence-corrected chi connectivity index (χ4v) is 1.60. The van der Waals surface area contributed by atoms with E-state index in [1.807, 2.05) is 0 Å². The van der Waals surface area contributed by atoms with Crippen molar-refractivity contribution < 1.29 is 0 Å². The van der Waals surface area contributed by atoms with Crippen molar-refractivity contribution in [3.63, 3.8) is 0 Å². The maximum Gasteiger partial charge on any atom is 0.231 e. The molecule has 0 bridgehead atoms. The highest BCUT2D eigenvalue weighted by Gasteiger charge is 2.08. The molecule has 0 radical (unpaired) electrons. The summed E-state index contributed by atoms with van der Waals surface area (Å²) in [7, 11) is 0. The van der Waals surface area contributed by atoms with Crippen molar-refractivity contribution >= 4 is 11.5 Å². The molecule has 0 saturated heterocycles. The molecule has 2 aromatic heterocycles. The molecule has 0 amide bonds. The topological polar surface area (TPSA) is 56.5 Å². The van der Waals surface area contributed by atoms with Crippen LogP contribution in [0.5, 0.6) is 0 Å². The molecule has 2 rings (SSSR count). The van der Waals surface area contributed by atoms with Crippen molar-refractivity contribution in [1.82, 2.24) is 24.1 Å². The standard InChI is InChI=1S/C7H9N5S/c1-5(2)6-10-7(13-11-6)12-4-8-3-9-12/h3-5H,1-2H3. The molecule has 6 heteroatoms. The van der Waals surface area contributed by atoms with E-state index in [-0.39, 0.29) is 0 Å². The van der Waals surface area contributed by atoms with Gasteiger partial charge in [0, 0.05) is 17.5 Å². The Kier molecular flexibility index (Phi) is 2.05. The zero-order valence-corrected chi connectivity index (χ0v) is 8.19. The average Bonchev–Trinajstić information content (AvgIpc) is 2.75. The fraction of sp³-hybridized carbons (Fsp3) is 0.429. The van der Waals surface area contributed by atoms with E-state index in [4.69, 9.17) is 0 Å². The normalized spacial score (nSPS) is 11.0. The SMILES string of the molecule is CC(C)c1nsc(-n2cncn2)n1. The molecule has 0 N–H and O–H groups in total. The second-order valence-corrected chi connectivity index (χ2v) is 3.66. The van der Waals surface area contributed by atoms with Gasteiger partial charge in [-0.25, -0.2) is 9.97 Å². The lowest BCUT2D eigenvalue weighted by Crippen LogP contribution is -1.95. The molecule has 0 spiro atoms. The average molecular weight is 195 g/mol. The molecular weight excluding hydrogens is 186 g/mol. The summed E-state index contributed by atoms with van der Waals surface area (Å²) in [5.74, 6) is 1.21. The van der Waals surface area contributed by atoms with E-state index in [2.05, 4.69) is 33.3 Å². The Morgan fingerprint density at radius 2 is 2.31 bits per heavy atom. The van der Waals surface area contributed by atoms with Crippen LogP contribution in [-0.4, -0.2) is 24.1 Å². The smallest absolute Gasteiger partial charge is 0.223 e. The van der Waals surface area contributed by atoms with Crippen LogP contribution in [0.25, 0.3) is 5.13 Å². The molecular formula is C7H9N5S. The van der Waals surface area contributed by atoms with E-state index >= 15 is 0 Å². The van der Waals surface area contributed by atoms with E-state index < -0.39 is 0 Å². The van der Waals surface area contributed by atoms with Crippen LogP contribution >= 0.6 is 11.5 Å². The van der Waals surface area contributed by atoms with Gasteiger partial charge in [-0.1, -0.05) is 13.8 Å². The second-order valence-electron chi connectivity index (χ2n) is 2.93. The number of hydrogen-bond acceptors (Lipinski definition) is 5. The molecule has 0 aliphatic heterocycles. The summed E-state index contributed by atoms with van der Waals surface area (Å²) in [6.07, 6.45) is 3.10. The van der Waals surface area contributed by atoms with Gasteiger partial charge in [0.1, 0.15) is 18.5 Å². The maximum atomic E-state index is 4.32. The Hall–Kier alpha value is -1.30. The number of hydrogen-bond donors (Lipinski definition) is 0. The van der Waals surface area contributed by atoms with E-state index in [9.17, 15) is 0 Å². The van der Waals surface area contributed by atoms with Crippen LogP contribution in [-0.2, 0) is 0 Å². The summed E-state index contributed by atoms with van der Waals surface area (Å²) in [4.78, 5) is 8.16. The minimum Gasteiger partial charge on any atom is -0.223 e. The summed E-state index contributed by atoms with van der Waals surface area (Å²) in [5.41, 5.74) is 0. The quantitative estimate of drug-likeness (QED) is 0.723. The first-order chi connectivity index (χ1) is 6.27. The molecule has 13 heavy (non-hydrogen) atoms. The van der Waals surface area contributed by atoms with E-state index in [0.29, 0.717) is 5.92 Å². The molecule has 0 aliphatic carbocycles. The summed E-state index contributed by atoms with van der Waals surface area (Å²) in [6, 6.07) is 0. The van der Waals surface area contributed by atoms with Crippen molar-refractivity contribution in [3.8, 4) is 5.13 Å². The monoisotopic (exact) mass is 195 g/mol. The number of nitrogens with zero attached hydrogens (tertiary/aromatic N) is 5. The van der Waals surface area contributed by atoms with E-state index in [1.165, 1.54) is 17.9 Å². The first-order valence-electron chi connectivity index (χ1n) is 3.96. The predicted molar refractivity (Wildman–Crippen MR) is 48.9 cm³/mol. The van der Waals surface area contributed by atoms with Crippen LogP contribution in [0.15, 0.2) is 12.7 Å². The molecule has 5 nitrogen and oxygen atoms in total. The summed E-state index contributed by atoms with van der Waals surface area (Å²) < 4.78 is 5.83. The lowest BCUT2D eigenvalue weighted by atomic mass is 10.2. The first-order valence-corrected chi connectivity index (χ1v) is 4.73. The van der Waals surface area contributed by atoms with Gasteiger partial charge >= 0.3 is 0 Å². The van der Waals surface area contributed by atoms with Crippen LogP contribution in [0.3, 0.4) is 0 Å². The maximum absolute atomic E-state index is 4.32. The highest BCUT2D eigenvalue weighted by atomic mass is 32.1. The van der Waals surface area contributed by atoms with Gasteiger partial charge in [0.25, 0.3) is 0 Å². The van der Waals surface area contributed by atoms with Gasteiger partial charge in [-0.2, -0.15) is 14.2 Å². The zero-order valence-electron chi connectivity index (χ0n) is 7.38. The predicted octanol–water partition coefficient (Wildman–Crippen LogP) is 1.24. The van der Waals surface area contributed by atoms with Gasteiger partial charge in [0.05, 0.1) is 0 Å². The lowest BCUT2D eigenvalue weighted by Gasteiger charge is -1.94. The third kappa shape index (κ3) is 1.57. The molecule has 2 heterocycles. The molecule has 0 aromatic carbocycles. The Balaban J connectivity index is 2.33. The van der Waals surface area contributed by atoms with Crippen molar-refractivity contribution in [3.05, 3.63) is 18.5 Å². The second kappa shape index (κ2) is 3.21. The van der Waals surface area contributed by atoms with Gasteiger partial charge in [-0.05, 0) is 0 Å². The van der Waals surface area contributed by atoms with Crippen LogP contribution < -0.4 is 0 Å². The fourth-order valence-electron chi connectivity index (χ4n) is 0.861. The summed E-state index contributed by atoms with van der Waals surface area (Å²) in [5, 5.41) is 4.74. The summed E-state index contributed by atoms with van der Waals surface area (Å²) >= 11 is 1.33. The van der Waals surface area contributed by atoms with Gasteiger partial charge in [0.15, 0.2) is 0 Å². The minimum absolute atomic E-state index is 0.355. The Bertz CT molecular complexity index is 377. The van der Waals surface area contributed by atoms with E-state index in [0.717, 1.165) is 11.0 Å². The lowest BCUT2D eigenvalue weighted by molar-refractivity contribution is 0.781. The summed E-state index contributed by atoms with van der Waals surface area (Å²) in [6.45, 7) is 4.13. The molecule has 0 unspecified atom stereocenters.